The molecular formula is C23H26N2O5S. The molecule has 0 fully saturated rings. The zero-order valence-electron chi connectivity index (χ0n) is 17.5. The van der Waals surface area contributed by atoms with Gasteiger partial charge in [-0.15, -0.1) is 0 Å². The second kappa shape index (κ2) is 10.5. The van der Waals surface area contributed by atoms with Gasteiger partial charge < -0.3 is 20.5 Å². The number of aliphatic hydroxyl groups is 1. The van der Waals surface area contributed by atoms with Crippen molar-refractivity contribution in [1.82, 2.24) is 10.6 Å². The van der Waals surface area contributed by atoms with Crippen LogP contribution in [0.2, 0.25) is 0 Å². The lowest BCUT2D eigenvalue weighted by Gasteiger charge is -2.21. The molecule has 2 aromatic rings. The van der Waals surface area contributed by atoms with E-state index in [0.717, 1.165) is 22.3 Å². The first-order valence-electron chi connectivity index (χ1n) is 9.98. The van der Waals surface area contributed by atoms with E-state index >= 15 is 0 Å². The fraction of sp³-hybridized carbons (Fsp3) is 0.348. The highest BCUT2D eigenvalue weighted by molar-refractivity contribution is 7.98. The predicted molar refractivity (Wildman–Crippen MR) is 120 cm³/mol. The number of nitrogens with one attached hydrogen (secondary N) is 2. The third-order valence-corrected chi connectivity index (χ3v) is 5.94. The summed E-state index contributed by atoms with van der Waals surface area (Å²) >= 11 is 1.37. The molecule has 31 heavy (non-hydrogen) atoms. The summed E-state index contributed by atoms with van der Waals surface area (Å²) in [5, 5.41) is 14.3. The molecule has 8 heteroatoms. The van der Waals surface area contributed by atoms with Gasteiger partial charge in [-0.2, -0.15) is 11.8 Å². The first kappa shape index (κ1) is 22.8. The number of hydrogen-bond acceptors (Lipinski definition) is 6. The van der Waals surface area contributed by atoms with Crippen molar-refractivity contribution in [1.29, 1.82) is 0 Å². The molecule has 7 nitrogen and oxygen atoms in total. The second-order valence-electron chi connectivity index (χ2n) is 7.33. The van der Waals surface area contributed by atoms with Crippen molar-refractivity contribution >= 4 is 29.5 Å². The Bertz CT molecular complexity index is 919. The van der Waals surface area contributed by atoms with Gasteiger partial charge in [0.1, 0.15) is 18.7 Å². The lowest BCUT2D eigenvalue weighted by Crippen LogP contribution is -2.53. The monoisotopic (exact) mass is 442 g/mol. The number of rotatable bonds is 9. The Morgan fingerprint density at radius 1 is 1.00 bits per heavy atom. The van der Waals surface area contributed by atoms with Gasteiger partial charge in [-0.3, -0.25) is 9.59 Å². The number of alkyl carbamates (subject to hydrolysis) is 1. The number of carbonyl (C=O) groups excluding carboxylic acids is 3. The minimum absolute atomic E-state index is 0.0811. The van der Waals surface area contributed by atoms with Crippen molar-refractivity contribution in [2.45, 2.75) is 24.9 Å². The highest BCUT2D eigenvalue weighted by Crippen LogP contribution is 2.44. The van der Waals surface area contributed by atoms with E-state index < -0.39 is 30.7 Å². The molecule has 1 aliphatic rings. The van der Waals surface area contributed by atoms with Gasteiger partial charge in [-0.25, -0.2) is 4.79 Å². The standard InChI is InChI=1S/C23H26N2O5S/c1-14(27)20(11-26)24-22(28)21(13-31-2)25-23(29)30-12-19-17-9-5-3-7-15(17)16-8-4-6-10-18(16)19/h3-10,19-21,26H,11-13H2,1-2H3,(H,24,28)(H,25,29)/t20-,21-/m0/s1. The van der Waals surface area contributed by atoms with Gasteiger partial charge in [0.15, 0.2) is 5.78 Å². The van der Waals surface area contributed by atoms with Crippen LogP contribution < -0.4 is 10.6 Å². The maximum atomic E-state index is 12.5. The normalized spacial score (nSPS) is 14.2. The molecule has 2 amide bonds. The van der Waals surface area contributed by atoms with Gasteiger partial charge in [-0.1, -0.05) is 48.5 Å². The maximum absolute atomic E-state index is 12.5. The van der Waals surface area contributed by atoms with Crippen LogP contribution in [0.1, 0.15) is 24.0 Å². The topological polar surface area (TPSA) is 105 Å². The van der Waals surface area contributed by atoms with Gasteiger partial charge in [0.25, 0.3) is 0 Å². The molecule has 3 rings (SSSR count). The zero-order chi connectivity index (χ0) is 22.4. The van der Waals surface area contributed by atoms with Gasteiger partial charge in [-0.05, 0) is 35.4 Å². The lowest BCUT2D eigenvalue weighted by atomic mass is 9.98. The first-order valence-corrected chi connectivity index (χ1v) is 11.4. The van der Waals surface area contributed by atoms with Crippen LogP contribution in [0.15, 0.2) is 48.5 Å². The van der Waals surface area contributed by atoms with Crippen molar-refractivity contribution < 1.29 is 24.2 Å². The van der Waals surface area contributed by atoms with E-state index in [0.29, 0.717) is 5.75 Å². The van der Waals surface area contributed by atoms with Crippen LogP contribution in [-0.2, 0) is 14.3 Å². The number of aliphatic hydroxyl groups excluding tert-OH is 1. The quantitative estimate of drug-likeness (QED) is 0.551. The summed E-state index contributed by atoms with van der Waals surface area (Å²) in [5.74, 6) is -0.689. The Hall–Kier alpha value is -2.84. The molecule has 1 aliphatic carbocycles. The first-order chi connectivity index (χ1) is 15.0. The minimum Gasteiger partial charge on any atom is -0.449 e. The average molecular weight is 443 g/mol. The summed E-state index contributed by atoms with van der Waals surface area (Å²) in [5.41, 5.74) is 4.46. The van der Waals surface area contributed by atoms with Crippen molar-refractivity contribution in [3.05, 3.63) is 59.7 Å². The van der Waals surface area contributed by atoms with Crippen LogP contribution in [0.5, 0.6) is 0 Å². The molecule has 164 valence electrons. The number of Topliss-reactive ketones (excluding diaryl/α,β-unsaturated/α-hetero) is 1. The molecule has 0 spiro atoms. The van der Waals surface area contributed by atoms with Crippen LogP contribution in [-0.4, -0.2) is 60.2 Å². The number of amides is 2. The summed E-state index contributed by atoms with van der Waals surface area (Å²) in [7, 11) is 0. The van der Waals surface area contributed by atoms with Crippen LogP contribution in [0.3, 0.4) is 0 Å². The Morgan fingerprint density at radius 2 is 1.58 bits per heavy atom. The number of benzene rings is 2. The second-order valence-corrected chi connectivity index (χ2v) is 8.24. The molecule has 0 aliphatic heterocycles. The minimum atomic E-state index is -0.999. The molecule has 0 radical (unpaired) electrons. The number of carbonyl (C=O) groups is 3. The number of thioether (sulfide) groups is 1. The third-order valence-electron chi connectivity index (χ3n) is 5.28. The van der Waals surface area contributed by atoms with E-state index in [-0.39, 0.29) is 18.3 Å². The van der Waals surface area contributed by atoms with Gasteiger partial charge in [0, 0.05) is 11.7 Å². The van der Waals surface area contributed by atoms with Crippen LogP contribution in [0.25, 0.3) is 11.1 Å². The van der Waals surface area contributed by atoms with E-state index in [4.69, 9.17) is 4.74 Å². The Balaban J connectivity index is 1.64. The van der Waals surface area contributed by atoms with E-state index in [1.165, 1.54) is 18.7 Å². The van der Waals surface area contributed by atoms with Crippen molar-refractivity contribution in [2.24, 2.45) is 0 Å². The van der Waals surface area contributed by atoms with Gasteiger partial charge in [0.05, 0.1) is 6.61 Å². The molecule has 2 atom stereocenters. The SMILES string of the molecule is CSC[C@H](NC(=O)OCC1c2ccccc2-c2ccccc21)C(=O)N[C@@H](CO)C(C)=O. The summed E-state index contributed by atoms with van der Waals surface area (Å²) in [6, 6.07) is 14.2. The van der Waals surface area contributed by atoms with Gasteiger partial charge >= 0.3 is 6.09 Å². The zero-order valence-corrected chi connectivity index (χ0v) is 18.3. The Kier molecular flexibility index (Phi) is 7.70. The number of ether oxygens (including phenoxy) is 1. The van der Waals surface area contributed by atoms with Crippen molar-refractivity contribution in [2.75, 3.05) is 25.2 Å². The smallest absolute Gasteiger partial charge is 0.407 e. The summed E-state index contributed by atoms with van der Waals surface area (Å²) in [6.07, 6.45) is 1.09. The molecule has 0 heterocycles. The predicted octanol–water partition coefficient (Wildman–Crippen LogP) is 2.32. The van der Waals surface area contributed by atoms with E-state index in [1.54, 1.807) is 6.26 Å². The van der Waals surface area contributed by atoms with Crippen LogP contribution in [0, 0.1) is 0 Å². The molecular weight excluding hydrogens is 416 g/mol. The maximum Gasteiger partial charge on any atom is 0.407 e. The third kappa shape index (κ3) is 5.26. The van der Waals surface area contributed by atoms with Crippen LogP contribution in [0.4, 0.5) is 4.79 Å². The van der Waals surface area contributed by atoms with Crippen molar-refractivity contribution in [3.63, 3.8) is 0 Å². The average Bonchev–Trinajstić information content (AvgIpc) is 3.09. The number of hydrogen-bond donors (Lipinski definition) is 3. The number of ketones is 1. The largest absolute Gasteiger partial charge is 0.449 e. The Morgan fingerprint density at radius 3 is 2.10 bits per heavy atom. The van der Waals surface area contributed by atoms with E-state index in [9.17, 15) is 19.5 Å². The molecule has 2 aromatic carbocycles. The highest BCUT2D eigenvalue weighted by Gasteiger charge is 2.30. The summed E-state index contributed by atoms with van der Waals surface area (Å²) < 4.78 is 5.49. The fourth-order valence-corrected chi connectivity index (χ4v) is 4.25. The number of fused-ring (bicyclic) bond motifs is 3. The summed E-state index contributed by atoms with van der Waals surface area (Å²) in [4.78, 5) is 36.4. The molecule has 0 unspecified atom stereocenters. The summed E-state index contributed by atoms with van der Waals surface area (Å²) in [6.45, 7) is 0.919. The van der Waals surface area contributed by atoms with Crippen LogP contribution >= 0.6 is 11.8 Å². The Labute approximate surface area is 185 Å². The van der Waals surface area contributed by atoms with E-state index in [2.05, 4.69) is 22.8 Å². The van der Waals surface area contributed by atoms with Crippen molar-refractivity contribution in [3.8, 4) is 11.1 Å². The lowest BCUT2D eigenvalue weighted by molar-refractivity contribution is -0.128. The molecule has 0 saturated heterocycles. The molecule has 0 aromatic heterocycles. The van der Waals surface area contributed by atoms with Gasteiger partial charge in [0.2, 0.25) is 5.91 Å². The highest BCUT2D eigenvalue weighted by atomic mass is 32.2. The molecule has 0 bridgehead atoms. The molecule has 0 saturated carbocycles. The fourth-order valence-electron chi connectivity index (χ4n) is 3.68. The molecule has 3 N–H and O–H groups in total. The van der Waals surface area contributed by atoms with E-state index in [1.807, 2.05) is 36.4 Å².